The highest BCUT2D eigenvalue weighted by Crippen LogP contribution is 2.36. The van der Waals surface area contributed by atoms with Crippen molar-refractivity contribution in [2.45, 2.75) is 50.6 Å². The second-order valence-corrected chi connectivity index (χ2v) is 6.32. The smallest absolute Gasteiger partial charge is 0.159 e. The maximum absolute atomic E-state index is 4.81. The van der Waals surface area contributed by atoms with Gasteiger partial charge in [-0.05, 0) is 43.7 Å². The summed E-state index contributed by atoms with van der Waals surface area (Å²) in [5.74, 6) is 2.05. The van der Waals surface area contributed by atoms with Gasteiger partial charge in [-0.2, -0.15) is 0 Å². The van der Waals surface area contributed by atoms with E-state index in [1.807, 2.05) is 12.3 Å². The quantitative estimate of drug-likeness (QED) is 0.866. The number of hydrogen-bond donors (Lipinski definition) is 1. The number of aryl methyl sites for hydroxylation is 1. The third-order valence-corrected chi connectivity index (χ3v) is 5.12. The van der Waals surface area contributed by atoms with Crippen molar-refractivity contribution in [2.75, 3.05) is 0 Å². The van der Waals surface area contributed by atoms with Gasteiger partial charge in [-0.3, -0.25) is 0 Å². The molecule has 1 N–H and O–H groups in total. The Kier molecular flexibility index (Phi) is 2.99. The van der Waals surface area contributed by atoms with Crippen LogP contribution < -0.4 is 5.32 Å². The summed E-state index contributed by atoms with van der Waals surface area (Å²) in [5, 5.41) is 3.86. The van der Waals surface area contributed by atoms with E-state index in [1.54, 1.807) is 0 Å². The zero-order valence-electron chi connectivity index (χ0n) is 12.0. The lowest BCUT2D eigenvalue weighted by Gasteiger charge is -2.40. The van der Waals surface area contributed by atoms with Gasteiger partial charge < -0.3 is 9.88 Å². The number of imidazole rings is 1. The molecule has 2 aliphatic rings. The molecule has 1 saturated carbocycles. The fourth-order valence-electron chi connectivity index (χ4n) is 4.05. The summed E-state index contributed by atoms with van der Waals surface area (Å²) in [6.45, 7) is 0. The molecule has 2 fully saturated rings. The summed E-state index contributed by atoms with van der Waals surface area (Å²) in [7, 11) is 2.09. The van der Waals surface area contributed by atoms with Gasteiger partial charge in [0.15, 0.2) is 5.65 Å². The minimum atomic E-state index is 0.397. The Morgan fingerprint density at radius 1 is 1.20 bits per heavy atom. The Labute approximate surface area is 119 Å². The van der Waals surface area contributed by atoms with Crippen molar-refractivity contribution >= 4 is 11.2 Å². The Morgan fingerprint density at radius 3 is 3.00 bits per heavy atom. The molecule has 4 heteroatoms. The van der Waals surface area contributed by atoms with Gasteiger partial charge in [-0.1, -0.05) is 12.8 Å². The van der Waals surface area contributed by atoms with E-state index in [0.717, 1.165) is 22.9 Å². The normalized spacial score (nSPS) is 30.4. The second-order valence-electron chi connectivity index (χ2n) is 6.32. The average Bonchev–Trinajstić information content (AvgIpc) is 2.84. The SMILES string of the molecule is Cn1c(C2CCC3CCCCC3N2)nc2cccnc21. The fraction of sp³-hybridized carbons (Fsp3) is 0.625. The summed E-state index contributed by atoms with van der Waals surface area (Å²) in [6.07, 6.45) is 9.95. The minimum absolute atomic E-state index is 0.397. The van der Waals surface area contributed by atoms with E-state index in [0.29, 0.717) is 12.1 Å². The Balaban J connectivity index is 1.64. The van der Waals surface area contributed by atoms with Crippen LogP contribution in [0.3, 0.4) is 0 Å². The largest absolute Gasteiger partial charge is 0.315 e. The van der Waals surface area contributed by atoms with E-state index in [9.17, 15) is 0 Å². The van der Waals surface area contributed by atoms with E-state index in [4.69, 9.17) is 4.98 Å². The summed E-state index contributed by atoms with van der Waals surface area (Å²) in [4.78, 5) is 9.26. The molecule has 0 spiro atoms. The summed E-state index contributed by atoms with van der Waals surface area (Å²) in [6, 6.07) is 5.12. The van der Waals surface area contributed by atoms with Crippen LogP contribution in [0, 0.1) is 5.92 Å². The number of rotatable bonds is 1. The van der Waals surface area contributed by atoms with Crippen LogP contribution >= 0.6 is 0 Å². The standard InChI is InChI=1S/C16H22N4/c1-20-15-13(7-4-10-17-15)19-16(20)14-9-8-11-5-2-3-6-12(11)18-14/h4,7,10-12,14,18H,2-3,5-6,8-9H2,1H3. The van der Waals surface area contributed by atoms with Crippen LogP contribution in [-0.2, 0) is 7.05 Å². The molecule has 3 unspecified atom stereocenters. The molecule has 2 aromatic heterocycles. The van der Waals surface area contributed by atoms with Gasteiger partial charge in [0.25, 0.3) is 0 Å². The molecular weight excluding hydrogens is 248 g/mol. The van der Waals surface area contributed by atoms with E-state index in [1.165, 1.54) is 38.5 Å². The Morgan fingerprint density at radius 2 is 2.10 bits per heavy atom. The van der Waals surface area contributed by atoms with E-state index in [2.05, 4.69) is 28.0 Å². The molecule has 0 aromatic carbocycles. The minimum Gasteiger partial charge on any atom is -0.315 e. The first-order valence-electron chi connectivity index (χ1n) is 7.86. The number of aromatic nitrogens is 3. The van der Waals surface area contributed by atoms with Crippen molar-refractivity contribution in [3.05, 3.63) is 24.2 Å². The molecule has 3 atom stereocenters. The topological polar surface area (TPSA) is 42.7 Å². The molecule has 0 radical (unpaired) electrons. The van der Waals surface area contributed by atoms with E-state index in [-0.39, 0.29) is 0 Å². The van der Waals surface area contributed by atoms with Crippen molar-refractivity contribution in [2.24, 2.45) is 13.0 Å². The van der Waals surface area contributed by atoms with Gasteiger partial charge in [0, 0.05) is 19.3 Å². The van der Waals surface area contributed by atoms with E-state index >= 15 is 0 Å². The maximum atomic E-state index is 4.81. The number of fused-ring (bicyclic) bond motifs is 2. The predicted octanol–water partition coefficient (Wildman–Crippen LogP) is 2.95. The van der Waals surface area contributed by atoms with Crippen LogP contribution in [0.25, 0.3) is 11.2 Å². The number of nitrogens with zero attached hydrogens (tertiary/aromatic N) is 3. The average molecular weight is 270 g/mol. The number of piperidine rings is 1. The summed E-state index contributed by atoms with van der Waals surface area (Å²) < 4.78 is 2.16. The molecule has 1 aliphatic carbocycles. The van der Waals surface area contributed by atoms with Gasteiger partial charge in [-0.15, -0.1) is 0 Å². The summed E-state index contributed by atoms with van der Waals surface area (Å²) >= 11 is 0. The van der Waals surface area contributed by atoms with Crippen LogP contribution in [0.1, 0.15) is 50.4 Å². The van der Waals surface area contributed by atoms with Crippen LogP contribution in [0.4, 0.5) is 0 Å². The maximum Gasteiger partial charge on any atom is 0.159 e. The lowest BCUT2D eigenvalue weighted by molar-refractivity contribution is 0.172. The molecule has 106 valence electrons. The molecule has 1 saturated heterocycles. The Bertz CT molecular complexity index is 618. The number of hydrogen-bond acceptors (Lipinski definition) is 3. The fourth-order valence-corrected chi connectivity index (χ4v) is 4.05. The van der Waals surface area contributed by atoms with Crippen molar-refractivity contribution in [3.8, 4) is 0 Å². The van der Waals surface area contributed by atoms with Gasteiger partial charge in [0.05, 0.1) is 6.04 Å². The van der Waals surface area contributed by atoms with Gasteiger partial charge in [0.1, 0.15) is 11.3 Å². The molecule has 20 heavy (non-hydrogen) atoms. The highest BCUT2D eigenvalue weighted by atomic mass is 15.2. The lowest BCUT2D eigenvalue weighted by atomic mass is 9.77. The lowest BCUT2D eigenvalue weighted by Crippen LogP contribution is -2.45. The van der Waals surface area contributed by atoms with Crippen LogP contribution in [0.15, 0.2) is 18.3 Å². The van der Waals surface area contributed by atoms with Gasteiger partial charge in [-0.25, -0.2) is 9.97 Å². The van der Waals surface area contributed by atoms with Crippen molar-refractivity contribution in [3.63, 3.8) is 0 Å². The predicted molar refractivity (Wildman–Crippen MR) is 79.4 cm³/mol. The molecule has 0 amide bonds. The molecule has 2 aromatic rings. The van der Waals surface area contributed by atoms with Gasteiger partial charge in [0.2, 0.25) is 0 Å². The van der Waals surface area contributed by atoms with Crippen LogP contribution in [-0.4, -0.2) is 20.6 Å². The zero-order valence-corrected chi connectivity index (χ0v) is 12.0. The third kappa shape index (κ3) is 1.94. The van der Waals surface area contributed by atoms with Crippen molar-refractivity contribution in [1.82, 2.24) is 19.9 Å². The zero-order chi connectivity index (χ0) is 13.5. The molecule has 4 nitrogen and oxygen atoms in total. The third-order valence-electron chi connectivity index (χ3n) is 5.12. The first kappa shape index (κ1) is 12.3. The first-order valence-corrected chi connectivity index (χ1v) is 7.86. The first-order chi connectivity index (χ1) is 9.83. The second kappa shape index (κ2) is 4.85. The van der Waals surface area contributed by atoms with Crippen LogP contribution in [0.5, 0.6) is 0 Å². The molecule has 1 aliphatic heterocycles. The van der Waals surface area contributed by atoms with Crippen molar-refractivity contribution < 1.29 is 0 Å². The molecule has 3 heterocycles. The highest BCUT2D eigenvalue weighted by Gasteiger charge is 2.33. The number of pyridine rings is 1. The summed E-state index contributed by atoms with van der Waals surface area (Å²) in [5.41, 5.74) is 2.01. The van der Waals surface area contributed by atoms with Crippen LogP contribution in [0.2, 0.25) is 0 Å². The Hall–Kier alpha value is -1.42. The van der Waals surface area contributed by atoms with Gasteiger partial charge >= 0.3 is 0 Å². The van der Waals surface area contributed by atoms with E-state index < -0.39 is 0 Å². The number of nitrogens with one attached hydrogen (secondary N) is 1. The molecular formula is C16H22N4. The van der Waals surface area contributed by atoms with Crippen molar-refractivity contribution in [1.29, 1.82) is 0 Å². The highest BCUT2D eigenvalue weighted by molar-refractivity contribution is 5.71. The monoisotopic (exact) mass is 270 g/mol. The molecule has 0 bridgehead atoms. The molecule has 4 rings (SSSR count).